The number of fused-ring (bicyclic) bond motifs is 2. The maximum Gasteiger partial charge on any atom is 0.407 e. The Morgan fingerprint density at radius 1 is 0.623 bits per heavy atom. The first-order valence-electron chi connectivity index (χ1n) is 26.5. The zero-order valence-corrected chi connectivity index (χ0v) is 43.5. The summed E-state index contributed by atoms with van der Waals surface area (Å²) in [6.45, 7) is 8.54. The number of alkyl carbamates (subject to hydrolysis) is 1. The van der Waals surface area contributed by atoms with Crippen molar-refractivity contribution in [2.75, 3.05) is 43.1 Å². The van der Waals surface area contributed by atoms with Crippen molar-refractivity contribution in [1.29, 1.82) is 0 Å². The van der Waals surface area contributed by atoms with Gasteiger partial charge < -0.3 is 50.0 Å². The summed E-state index contributed by atoms with van der Waals surface area (Å²) >= 11 is 0. The normalized spacial score (nSPS) is 21.0. The fourth-order valence-electron chi connectivity index (χ4n) is 12.2. The number of carbonyl (C=O) groups is 4. The minimum Gasteiger partial charge on any atom is -0.465 e. The number of likely N-dealkylation sites (tertiary alicyclic amines) is 2. The number of hydrogen-bond acceptors (Lipinski definition) is 9. The second-order valence-corrected chi connectivity index (χ2v) is 21.5. The first kappa shape index (κ1) is 53.0. The van der Waals surface area contributed by atoms with Crippen LogP contribution in [0, 0.1) is 40.9 Å². The number of anilines is 2. The number of H-pyrrole nitrogens is 2. The molecular weight excluding hydrogens is 1000 g/mol. The van der Waals surface area contributed by atoms with Crippen LogP contribution in [0.15, 0.2) is 60.7 Å². The van der Waals surface area contributed by atoms with E-state index in [0.717, 1.165) is 5.56 Å². The summed E-state index contributed by atoms with van der Waals surface area (Å²) in [4.78, 5) is 74.3. The maximum absolute atomic E-state index is 16.9. The summed E-state index contributed by atoms with van der Waals surface area (Å²) < 4.78 is 86.0. The fraction of sp³-hybridized carbons (Fsp3) is 0.464. The number of hydrogen-bond donors (Lipinski definition) is 5. The molecule has 408 valence electrons. The minimum absolute atomic E-state index is 0.0528. The van der Waals surface area contributed by atoms with Crippen LogP contribution in [0.4, 0.5) is 42.9 Å². The molecule has 4 saturated heterocycles. The number of carboxylic acid groups (broad SMARTS) is 1. The van der Waals surface area contributed by atoms with Gasteiger partial charge in [0.15, 0.2) is 11.6 Å². The minimum atomic E-state index is -1.32. The first-order valence-corrected chi connectivity index (χ1v) is 26.5. The molecule has 0 saturated carbocycles. The molecule has 6 heterocycles. The largest absolute Gasteiger partial charge is 0.465 e. The van der Waals surface area contributed by atoms with E-state index in [1.54, 1.807) is 57.7 Å². The van der Waals surface area contributed by atoms with Crippen molar-refractivity contribution in [3.8, 4) is 0 Å². The highest BCUT2D eigenvalue weighted by atomic mass is 19.1. The second-order valence-electron chi connectivity index (χ2n) is 21.5. The van der Waals surface area contributed by atoms with E-state index in [2.05, 4.69) is 20.6 Å². The highest BCUT2D eigenvalue weighted by molar-refractivity contribution is 5.87. The number of imidazole rings is 2. The van der Waals surface area contributed by atoms with Crippen molar-refractivity contribution in [3.63, 3.8) is 0 Å². The average molecular weight is 1070 g/mol. The number of methoxy groups -OCH3 is 1. The van der Waals surface area contributed by atoms with E-state index in [1.807, 2.05) is 13.8 Å². The number of piperidine rings is 1. The zero-order valence-electron chi connectivity index (χ0n) is 43.5. The van der Waals surface area contributed by atoms with E-state index < -0.39 is 77.6 Å². The molecule has 2 aromatic heterocycles. The Balaban J connectivity index is 0.995. The van der Waals surface area contributed by atoms with Gasteiger partial charge in [-0.2, -0.15) is 0 Å². The van der Waals surface area contributed by atoms with Crippen LogP contribution in [-0.2, 0) is 14.3 Å². The Morgan fingerprint density at radius 3 is 1.56 bits per heavy atom. The van der Waals surface area contributed by atoms with Crippen LogP contribution in [0.25, 0.3) is 22.1 Å². The average Bonchev–Trinajstić information content (AvgIpc) is 4.28. The lowest BCUT2D eigenvalue weighted by atomic mass is 9.89. The molecule has 5 N–H and O–H groups in total. The molecule has 0 spiro atoms. The molecule has 16 nitrogen and oxygen atoms in total. The summed E-state index contributed by atoms with van der Waals surface area (Å²) in [5.74, 6) is -3.79. The number of halogens is 5. The van der Waals surface area contributed by atoms with Gasteiger partial charge in [-0.15, -0.1) is 0 Å². The van der Waals surface area contributed by atoms with Crippen molar-refractivity contribution < 1.29 is 51.0 Å². The molecule has 0 radical (unpaired) electrons. The lowest BCUT2D eigenvalue weighted by Gasteiger charge is -2.36. The van der Waals surface area contributed by atoms with Crippen LogP contribution in [-0.4, -0.2) is 104 Å². The lowest BCUT2D eigenvalue weighted by Crippen LogP contribution is -2.51. The SMILES string of the molecule is COC(=O)N[C@H](C(=O)N1CCC[C@H]1c1nc2cc([C@H]3CC[C@H](c4cc5nc([C@@H]6CCCN6C(=O)[C@@H](NC(=O)O)C(C)C)[nH]c5cc4F)N3c3cc(F)c(N4CCC(c5ccc(F)cc5)CC4)c(F)c3)c(F)cc2[nH]1)C(C)C. The van der Waals surface area contributed by atoms with Crippen molar-refractivity contribution in [3.05, 3.63) is 118 Å². The van der Waals surface area contributed by atoms with Gasteiger partial charge in [0.1, 0.15) is 46.9 Å². The number of aromatic amines is 2. The summed E-state index contributed by atoms with van der Waals surface area (Å²) in [6.07, 6.45) is 1.89. The molecule has 4 aliphatic heterocycles. The van der Waals surface area contributed by atoms with E-state index in [1.165, 1.54) is 43.5 Å². The van der Waals surface area contributed by atoms with Crippen molar-refractivity contribution in [2.45, 2.75) is 121 Å². The van der Waals surface area contributed by atoms with Gasteiger partial charge in [0.05, 0.1) is 53.3 Å². The number of ether oxygens (including phenoxy) is 1. The van der Waals surface area contributed by atoms with Crippen LogP contribution in [0.1, 0.15) is 137 Å². The summed E-state index contributed by atoms with van der Waals surface area (Å²) in [5, 5.41) is 14.5. The highest BCUT2D eigenvalue weighted by Crippen LogP contribution is 2.50. The third-order valence-electron chi connectivity index (χ3n) is 16.1. The van der Waals surface area contributed by atoms with Crippen molar-refractivity contribution in [1.82, 2.24) is 40.4 Å². The monoisotopic (exact) mass is 1070 g/mol. The molecular formula is C56H63F5N10O6. The van der Waals surface area contributed by atoms with E-state index in [-0.39, 0.29) is 64.8 Å². The van der Waals surface area contributed by atoms with Crippen LogP contribution < -0.4 is 20.4 Å². The van der Waals surface area contributed by atoms with Crippen LogP contribution in [0.5, 0.6) is 0 Å². The third kappa shape index (κ3) is 10.3. The number of nitrogens with zero attached hydrogens (tertiary/aromatic N) is 6. The molecule has 4 fully saturated rings. The van der Waals surface area contributed by atoms with Gasteiger partial charge in [0, 0.05) is 43.0 Å². The molecule has 4 aliphatic rings. The quantitative estimate of drug-likeness (QED) is 0.0696. The summed E-state index contributed by atoms with van der Waals surface area (Å²) in [5.41, 5.74) is 2.50. The van der Waals surface area contributed by atoms with Gasteiger partial charge in [-0.25, -0.2) is 41.5 Å². The Kier molecular flexibility index (Phi) is 14.8. The smallest absolute Gasteiger partial charge is 0.407 e. The lowest BCUT2D eigenvalue weighted by molar-refractivity contribution is -0.136. The van der Waals surface area contributed by atoms with Crippen molar-refractivity contribution >= 4 is 57.4 Å². The first-order chi connectivity index (χ1) is 36.9. The van der Waals surface area contributed by atoms with E-state index in [0.29, 0.717) is 98.4 Å². The molecule has 0 bridgehead atoms. The predicted molar refractivity (Wildman–Crippen MR) is 278 cm³/mol. The molecule has 77 heavy (non-hydrogen) atoms. The molecule has 6 aromatic rings. The third-order valence-corrected chi connectivity index (χ3v) is 16.1. The molecule has 4 amide bonds. The van der Waals surface area contributed by atoms with Crippen LogP contribution in [0.2, 0.25) is 0 Å². The van der Waals surface area contributed by atoms with Crippen LogP contribution in [0.3, 0.4) is 0 Å². The molecule has 4 aromatic carbocycles. The fourth-order valence-corrected chi connectivity index (χ4v) is 12.2. The Labute approximate surface area is 441 Å². The molecule has 6 atom stereocenters. The number of amides is 4. The molecule has 0 aliphatic carbocycles. The predicted octanol–water partition coefficient (Wildman–Crippen LogP) is 10.6. The van der Waals surface area contributed by atoms with Gasteiger partial charge in [0.2, 0.25) is 11.8 Å². The second kappa shape index (κ2) is 21.5. The van der Waals surface area contributed by atoms with Gasteiger partial charge in [-0.3, -0.25) is 9.59 Å². The number of aromatic nitrogens is 4. The number of benzene rings is 4. The van der Waals surface area contributed by atoms with Gasteiger partial charge >= 0.3 is 12.2 Å². The Bertz CT molecular complexity index is 3190. The van der Waals surface area contributed by atoms with E-state index in [4.69, 9.17) is 14.7 Å². The van der Waals surface area contributed by atoms with Gasteiger partial charge in [-0.1, -0.05) is 39.8 Å². The molecule has 0 unspecified atom stereocenters. The summed E-state index contributed by atoms with van der Waals surface area (Å²) in [7, 11) is 1.22. The van der Waals surface area contributed by atoms with Crippen molar-refractivity contribution in [2.24, 2.45) is 11.8 Å². The number of rotatable bonds is 13. The van der Waals surface area contributed by atoms with Crippen LogP contribution >= 0.6 is 0 Å². The number of carbonyl (C=O) groups excluding carboxylic acids is 3. The highest BCUT2D eigenvalue weighted by Gasteiger charge is 2.42. The van der Waals surface area contributed by atoms with Gasteiger partial charge in [0.25, 0.3) is 0 Å². The Hall–Kier alpha value is -7.45. The van der Waals surface area contributed by atoms with E-state index >= 15 is 17.6 Å². The zero-order chi connectivity index (χ0) is 54.6. The molecule has 10 rings (SSSR count). The van der Waals surface area contributed by atoms with Gasteiger partial charge in [-0.05, 0) is 123 Å². The summed E-state index contributed by atoms with van der Waals surface area (Å²) in [6, 6.07) is 9.70. The number of nitrogens with one attached hydrogen (secondary N) is 4. The molecule has 21 heteroatoms. The topological polar surface area (TPSA) is 192 Å². The Morgan fingerprint density at radius 2 is 1.10 bits per heavy atom. The maximum atomic E-state index is 16.9. The standard InChI is InChI=1S/C56H63F5N10O6/c1-28(2)48(66-55(74)75)53(72)69-18-6-8-46(69)51-62-40-24-34(36(58)26-42(40)64-51)44-14-15-45(71(44)33-22-38(60)50(39(61)23-33)68-20-16-31(17-21-68)30-10-12-32(57)13-11-30)35-25-41-43(27-37(35)59)65-52(63-41)47-9-7-19-70(47)54(73)49(29(3)4)67-56(76)77-5/h10-13,22-29,31,44-49,66H,6-9,14-21H2,1-5H3,(H,62,64)(H,63,65)(H,67,76)(H,74,75)/t44-,45-,46+,47+,48+,49+/m1/s1. The van der Waals surface area contributed by atoms with E-state index in [9.17, 15) is 28.7 Å².